The number of hydrogen-bond acceptors (Lipinski definition) is 6. The monoisotopic (exact) mass is 463 g/mol. The second-order valence-corrected chi connectivity index (χ2v) is 10.4. The first-order chi connectivity index (χ1) is 15.0. The predicted molar refractivity (Wildman–Crippen MR) is 123 cm³/mol. The van der Waals surface area contributed by atoms with Gasteiger partial charge < -0.3 is 19.6 Å². The van der Waals surface area contributed by atoms with Crippen molar-refractivity contribution in [3.8, 4) is 0 Å². The summed E-state index contributed by atoms with van der Waals surface area (Å²) in [4.78, 5) is 15.2. The molecule has 1 aliphatic rings. The molecule has 0 radical (unpaired) electrons. The molecule has 1 saturated heterocycles. The molecule has 4 atom stereocenters. The molecule has 0 bridgehead atoms. The largest absolute Gasteiger partial charge is 0.391 e. The van der Waals surface area contributed by atoms with Crippen LogP contribution in [0.5, 0.6) is 0 Å². The van der Waals surface area contributed by atoms with Gasteiger partial charge in [-0.2, -0.15) is 0 Å². The number of β-amino-alcohol motifs (C(OH)–C–C–N with tert-alkyl or cyclic N) is 1. The van der Waals surface area contributed by atoms with Crippen LogP contribution in [0.1, 0.15) is 64.0 Å². The van der Waals surface area contributed by atoms with Gasteiger partial charge in [0, 0.05) is 29.6 Å². The molecule has 1 aromatic heterocycles. The van der Waals surface area contributed by atoms with E-state index in [9.17, 15) is 15.0 Å². The highest BCUT2D eigenvalue weighted by Gasteiger charge is 2.43. The molecular formula is C24H34ClN3O4. The maximum absolute atomic E-state index is 13.6. The van der Waals surface area contributed by atoms with E-state index in [0.717, 1.165) is 11.3 Å². The van der Waals surface area contributed by atoms with Crippen molar-refractivity contribution in [1.29, 1.82) is 0 Å². The molecular weight excluding hydrogens is 430 g/mol. The quantitative estimate of drug-likeness (QED) is 0.544. The van der Waals surface area contributed by atoms with Gasteiger partial charge >= 0.3 is 0 Å². The summed E-state index contributed by atoms with van der Waals surface area (Å²) in [6, 6.07) is 8.63. The minimum Gasteiger partial charge on any atom is -0.391 e. The van der Waals surface area contributed by atoms with E-state index in [-0.39, 0.29) is 23.8 Å². The van der Waals surface area contributed by atoms with Crippen LogP contribution < -0.4 is 5.32 Å². The van der Waals surface area contributed by atoms with Gasteiger partial charge in [-0.25, -0.2) is 0 Å². The number of amides is 1. The van der Waals surface area contributed by atoms with Gasteiger partial charge in [0.1, 0.15) is 17.9 Å². The fourth-order valence-electron chi connectivity index (χ4n) is 4.06. The number of aliphatic hydroxyl groups excluding tert-OH is 2. The Morgan fingerprint density at radius 1 is 1.31 bits per heavy atom. The molecule has 2 heterocycles. The van der Waals surface area contributed by atoms with Gasteiger partial charge in [-0.1, -0.05) is 63.5 Å². The smallest absolute Gasteiger partial charge is 0.234 e. The average Bonchev–Trinajstić information content (AvgIpc) is 3.34. The molecule has 7 nitrogen and oxygen atoms in total. The lowest BCUT2D eigenvalue weighted by Crippen LogP contribution is -2.50. The number of benzene rings is 1. The lowest BCUT2D eigenvalue weighted by molar-refractivity contribution is -0.138. The van der Waals surface area contributed by atoms with Gasteiger partial charge in [0.05, 0.1) is 17.8 Å². The zero-order chi connectivity index (χ0) is 23.6. The van der Waals surface area contributed by atoms with Crippen molar-refractivity contribution in [3.63, 3.8) is 0 Å². The van der Waals surface area contributed by atoms with Gasteiger partial charge in [-0.05, 0) is 30.0 Å². The van der Waals surface area contributed by atoms with E-state index in [2.05, 4.69) is 10.5 Å². The standard InChI is InChI=1S/C24H34ClN3O4/c1-14(2)21(19-11-20(27-32-19)24(3,4)5)23(31)28-13-17(29)10-18(28)22(30)26-12-15-6-8-16(25)9-7-15/h6-9,11,14,17-18,21-22,26,29-30H,10,12-13H2,1-5H3. The number of aromatic nitrogens is 1. The molecule has 3 N–H and O–H groups in total. The van der Waals surface area contributed by atoms with Crippen molar-refractivity contribution in [2.45, 2.75) is 77.3 Å². The zero-order valence-electron chi connectivity index (χ0n) is 19.4. The fraction of sp³-hybridized carbons (Fsp3) is 0.583. The van der Waals surface area contributed by atoms with E-state index < -0.39 is 24.3 Å². The first-order valence-electron chi connectivity index (χ1n) is 11.1. The van der Waals surface area contributed by atoms with Gasteiger partial charge in [0.2, 0.25) is 5.91 Å². The molecule has 1 fully saturated rings. The van der Waals surface area contributed by atoms with Gasteiger partial charge in [0.25, 0.3) is 0 Å². The fourth-order valence-corrected chi connectivity index (χ4v) is 4.19. The maximum Gasteiger partial charge on any atom is 0.234 e. The molecule has 1 aromatic carbocycles. The first kappa shape index (κ1) is 24.7. The Bertz CT molecular complexity index is 907. The van der Waals surface area contributed by atoms with E-state index in [1.165, 1.54) is 0 Å². The molecule has 0 aliphatic carbocycles. The summed E-state index contributed by atoms with van der Waals surface area (Å²) in [6.07, 6.45) is -1.38. The molecule has 3 rings (SSSR count). The summed E-state index contributed by atoms with van der Waals surface area (Å²) in [5, 5.41) is 29.0. The maximum atomic E-state index is 13.6. The summed E-state index contributed by atoms with van der Waals surface area (Å²) in [7, 11) is 0. The van der Waals surface area contributed by atoms with Crippen molar-refractivity contribution < 1.29 is 19.5 Å². The lowest BCUT2D eigenvalue weighted by Gasteiger charge is -2.32. The third-order valence-corrected chi connectivity index (χ3v) is 6.19. The van der Waals surface area contributed by atoms with Crippen LogP contribution in [-0.2, 0) is 16.8 Å². The minimum atomic E-state index is -0.987. The van der Waals surface area contributed by atoms with E-state index in [4.69, 9.17) is 16.1 Å². The third kappa shape index (κ3) is 5.70. The molecule has 176 valence electrons. The van der Waals surface area contributed by atoms with E-state index in [1.54, 1.807) is 17.0 Å². The first-order valence-corrected chi connectivity index (χ1v) is 11.5. The van der Waals surface area contributed by atoms with E-state index in [0.29, 0.717) is 23.7 Å². The number of hydrogen-bond donors (Lipinski definition) is 3. The molecule has 0 saturated carbocycles. The minimum absolute atomic E-state index is 0.0409. The Balaban J connectivity index is 1.75. The number of halogens is 1. The Morgan fingerprint density at radius 3 is 2.53 bits per heavy atom. The zero-order valence-corrected chi connectivity index (χ0v) is 20.1. The summed E-state index contributed by atoms with van der Waals surface area (Å²) in [5.41, 5.74) is 1.55. The summed E-state index contributed by atoms with van der Waals surface area (Å²) < 4.78 is 5.58. The van der Waals surface area contributed by atoms with Crippen molar-refractivity contribution in [3.05, 3.63) is 52.4 Å². The highest BCUT2D eigenvalue weighted by molar-refractivity contribution is 6.30. The molecule has 8 heteroatoms. The number of nitrogens with zero attached hydrogens (tertiary/aromatic N) is 2. The number of rotatable bonds is 7. The number of aliphatic hydroxyl groups is 2. The van der Waals surface area contributed by atoms with Crippen LogP contribution in [0.25, 0.3) is 0 Å². The van der Waals surface area contributed by atoms with Crippen LogP contribution in [0.2, 0.25) is 5.02 Å². The summed E-state index contributed by atoms with van der Waals surface area (Å²) >= 11 is 5.93. The average molecular weight is 464 g/mol. The lowest BCUT2D eigenvalue weighted by atomic mass is 9.88. The van der Waals surface area contributed by atoms with Gasteiger partial charge in [-0.15, -0.1) is 0 Å². The molecule has 32 heavy (non-hydrogen) atoms. The van der Waals surface area contributed by atoms with Gasteiger partial charge in [-0.3, -0.25) is 10.1 Å². The van der Waals surface area contributed by atoms with Crippen LogP contribution in [0, 0.1) is 5.92 Å². The molecule has 2 aromatic rings. The highest BCUT2D eigenvalue weighted by atomic mass is 35.5. The van der Waals surface area contributed by atoms with Crippen LogP contribution in [0.15, 0.2) is 34.9 Å². The van der Waals surface area contributed by atoms with Crippen molar-refractivity contribution >= 4 is 17.5 Å². The Hall–Kier alpha value is -1.93. The molecule has 1 aliphatic heterocycles. The SMILES string of the molecule is CC(C)C(C(=O)N1CC(O)CC1C(O)NCc1ccc(Cl)cc1)c1cc(C(C)(C)C)no1. The molecule has 1 amide bonds. The van der Waals surface area contributed by atoms with Crippen LogP contribution >= 0.6 is 11.6 Å². The van der Waals surface area contributed by atoms with Crippen molar-refractivity contribution in [2.24, 2.45) is 5.92 Å². The second-order valence-electron chi connectivity index (χ2n) is 9.99. The Kier molecular flexibility index (Phi) is 7.65. The second kappa shape index (κ2) is 9.91. The molecule has 4 unspecified atom stereocenters. The van der Waals surface area contributed by atoms with Crippen molar-refractivity contribution in [1.82, 2.24) is 15.4 Å². The number of carbonyl (C=O) groups excluding carboxylic acids is 1. The number of likely N-dealkylation sites (tertiary alicyclic amines) is 1. The van der Waals surface area contributed by atoms with Crippen LogP contribution in [-0.4, -0.2) is 51.1 Å². The number of carbonyl (C=O) groups is 1. The molecule has 0 spiro atoms. The summed E-state index contributed by atoms with van der Waals surface area (Å²) in [6.45, 7) is 10.6. The van der Waals surface area contributed by atoms with E-state index in [1.807, 2.05) is 52.8 Å². The van der Waals surface area contributed by atoms with Crippen LogP contribution in [0.4, 0.5) is 0 Å². The van der Waals surface area contributed by atoms with E-state index >= 15 is 0 Å². The van der Waals surface area contributed by atoms with Crippen LogP contribution in [0.3, 0.4) is 0 Å². The predicted octanol–water partition coefficient (Wildman–Crippen LogP) is 3.44. The van der Waals surface area contributed by atoms with Gasteiger partial charge in [0.15, 0.2) is 0 Å². The number of nitrogens with one attached hydrogen (secondary N) is 1. The van der Waals surface area contributed by atoms with Crippen molar-refractivity contribution in [2.75, 3.05) is 6.54 Å². The Morgan fingerprint density at radius 2 is 1.97 bits per heavy atom. The summed E-state index contributed by atoms with van der Waals surface area (Å²) in [5.74, 6) is -0.250. The normalized spacial score (nSPS) is 21.2. The third-order valence-electron chi connectivity index (χ3n) is 5.93. The Labute approximate surface area is 194 Å². The topological polar surface area (TPSA) is 98.8 Å². The highest BCUT2D eigenvalue weighted by Crippen LogP contribution is 2.33.